The number of hydrogen-bond donors (Lipinski definition) is 1. The van der Waals surface area contributed by atoms with Gasteiger partial charge in [0.05, 0.1) is 5.69 Å². The van der Waals surface area contributed by atoms with E-state index in [1.165, 1.54) is 11.3 Å². The Kier molecular flexibility index (Phi) is 1.22. The summed E-state index contributed by atoms with van der Waals surface area (Å²) in [4.78, 5) is 0.782. The number of nitrogens with one attached hydrogen (secondary N) is 1. The van der Waals surface area contributed by atoms with Crippen molar-refractivity contribution in [2.75, 3.05) is 0 Å². The Morgan fingerprint density at radius 1 is 1.46 bits per heavy atom. The highest BCUT2D eigenvalue weighted by molar-refractivity contribution is 7.19. The Hall–Kier alpha value is -1.76. The van der Waals surface area contributed by atoms with E-state index >= 15 is 0 Å². The number of fused-ring (bicyclic) bond motifs is 1. The first-order chi connectivity index (χ1) is 6.43. The molecule has 0 aliphatic rings. The summed E-state index contributed by atoms with van der Waals surface area (Å²) in [5.41, 5.74) is 0.899. The molecule has 6 nitrogen and oxygen atoms in total. The maximum atomic E-state index is 4.25. The SMILES string of the molecule is c1cc(-c2nn3cnnc3s2)[nH]n1. The van der Waals surface area contributed by atoms with Crippen LogP contribution in [0.4, 0.5) is 0 Å². The summed E-state index contributed by atoms with van der Waals surface area (Å²) >= 11 is 1.47. The Balaban J connectivity index is 2.23. The van der Waals surface area contributed by atoms with E-state index in [1.54, 1.807) is 17.0 Å². The zero-order valence-electron chi connectivity index (χ0n) is 6.38. The fourth-order valence-electron chi connectivity index (χ4n) is 1.04. The molecule has 0 saturated heterocycles. The highest BCUT2D eigenvalue weighted by atomic mass is 32.1. The van der Waals surface area contributed by atoms with Gasteiger partial charge in [0.2, 0.25) is 4.96 Å². The molecular formula is C6H4N6S. The van der Waals surface area contributed by atoms with Gasteiger partial charge in [0, 0.05) is 6.20 Å². The van der Waals surface area contributed by atoms with Gasteiger partial charge in [-0.05, 0) is 6.07 Å². The number of hydrogen-bond acceptors (Lipinski definition) is 5. The van der Waals surface area contributed by atoms with Crippen LogP contribution in [-0.2, 0) is 0 Å². The lowest BCUT2D eigenvalue weighted by Gasteiger charge is -1.83. The van der Waals surface area contributed by atoms with E-state index in [-0.39, 0.29) is 0 Å². The molecule has 3 rings (SSSR count). The second-order valence-electron chi connectivity index (χ2n) is 2.44. The predicted octanol–water partition coefficient (Wildman–Crippen LogP) is 0.576. The summed E-state index contributed by atoms with van der Waals surface area (Å²) in [6.45, 7) is 0. The van der Waals surface area contributed by atoms with Crippen LogP contribution in [0.2, 0.25) is 0 Å². The monoisotopic (exact) mass is 192 g/mol. The highest BCUT2D eigenvalue weighted by Crippen LogP contribution is 2.21. The maximum absolute atomic E-state index is 4.25. The molecule has 3 aromatic rings. The van der Waals surface area contributed by atoms with Gasteiger partial charge in [-0.2, -0.15) is 14.7 Å². The van der Waals surface area contributed by atoms with Gasteiger partial charge in [0.25, 0.3) is 0 Å². The standard InChI is InChI=1S/C6H4N6S/c1-2-7-9-4(1)5-11-12-3-8-10-6(12)13-5/h1-3H,(H,7,9). The molecule has 7 heteroatoms. The normalized spacial score (nSPS) is 11.1. The first-order valence-electron chi connectivity index (χ1n) is 3.60. The molecule has 13 heavy (non-hydrogen) atoms. The fraction of sp³-hybridized carbons (Fsp3) is 0. The van der Waals surface area contributed by atoms with Gasteiger partial charge in [-0.3, -0.25) is 5.10 Å². The van der Waals surface area contributed by atoms with E-state index < -0.39 is 0 Å². The molecule has 0 amide bonds. The summed E-state index contributed by atoms with van der Waals surface area (Å²) in [6.07, 6.45) is 3.27. The minimum atomic E-state index is 0.782. The molecule has 0 unspecified atom stereocenters. The van der Waals surface area contributed by atoms with Crippen molar-refractivity contribution in [1.82, 2.24) is 30.0 Å². The molecule has 0 saturated carbocycles. The zero-order valence-corrected chi connectivity index (χ0v) is 7.19. The van der Waals surface area contributed by atoms with E-state index in [4.69, 9.17) is 0 Å². The lowest BCUT2D eigenvalue weighted by Crippen LogP contribution is -1.82. The Labute approximate surface area is 76.2 Å². The summed E-state index contributed by atoms with van der Waals surface area (Å²) in [5.74, 6) is 0. The molecule has 0 aliphatic carbocycles. The largest absolute Gasteiger partial charge is 0.275 e. The third kappa shape index (κ3) is 0.937. The van der Waals surface area contributed by atoms with E-state index in [2.05, 4.69) is 25.5 Å². The van der Waals surface area contributed by atoms with Crippen LogP contribution in [-0.4, -0.2) is 30.0 Å². The van der Waals surface area contributed by atoms with Gasteiger partial charge in [-0.15, -0.1) is 10.2 Å². The van der Waals surface area contributed by atoms with Crippen molar-refractivity contribution < 1.29 is 0 Å². The van der Waals surface area contributed by atoms with Crippen LogP contribution in [0.3, 0.4) is 0 Å². The molecule has 0 fully saturated rings. The van der Waals surface area contributed by atoms with Crippen molar-refractivity contribution >= 4 is 16.3 Å². The summed E-state index contributed by atoms with van der Waals surface area (Å²) in [5, 5.41) is 19.4. The average molecular weight is 192 g/mol. The summed E-state index contributed by atoms with van der Waals surface area (Å²) in [7, 11) is 0. The molecule has 64 valence electrons. The first-order valence-corrected chi connectivity index (χ1v) is 4.42. The zero-order chi connectivity index (χ0) is 8.67. The molecule has 0 aromatic carbocycles. The Morgan fingerprint density at radius 2 is 2.46 bits per heavy atom. The van der Waals surface area contributed by atoms with Crippen LogP contribution in [0, 0.1) is 0 Å². The van der Waals surface area contributed by atoms with E-state index in [0.717, 1.165) is 15.7 Å². The second-order valence-corrected chi connectivity index (χ2v) is 3.39. The third-order valence-electron chi connectivity index (χ3n) is 1.62. The molecular weight excluding hydrogens is 188 g/mol. The van der Waals surface area contributed by atoms with Gasteiger partial charge < -0.3 is 0 Å². The number of H-pyrrole nitrogens is 1. The van der Waals surface area contributed by atoms with Crippen LogP contribution in [0.5, 0.6) is 0 Å². The molecule has 3 heterocycles. The minimum absolute atomic E-state index is 0.782. The number of nitrogens with zero attached hydrogens (tertiary/aromatic N) is 5. The number of rotatable bonds is 1. The quantitative estimate of drug-likeness (QED) is 0.612. The molecule has 0 bridgehead atoms. The smallest absolute Gasteiger partial charge is 0.234 e. The fourth-order valence-corrected chi connectivity index (χ4v) is 1.84. The van der Waals surface area contributed by atoms with Gasteiger partial charge in [-0.25, -0.2) is 0 Å². The van der Waals surface area contributed by atoms with Gasteiger partial charge in [-0.1, -0.05) is 11.3 Å². The van der Waals surface area contributed by atoms with Gasteiger partial charge >= 0.3 is 0 Å². The lowest BCUT2D eigenvalue weighted by atomic mass is 10.5. The van der Waals surface area contributed by atoms with Crippen LogP contribution < -0.4 is 0 Å². The van der Waals surface area contributed by atoms with Crippen molar-refractivity contribution in [3.05, 3.63) is 18.6 Å². The molecule has 0 aliphatic heterocycles. The van der Waals surface area contributed by atoms with Crippen molar-refractivity contribution in [3.63, 3.8) is 0 Å². The van der Waals surface area contributed by atoms with Crippen molar-refractivity contribution in [2.45, 2.75) is 0 Å². The predicted molar refractivity (Wildman–Crippen MR) is 46.2 cm³/mol. The second kappa shape index (κ2) is 2.36. The lowest BCUT2D eigenvalue weighted by molar-refractivity contribution is 0.953. The van der Waals surface area contributed by atoms with E-state index in [1.807, 2.05) is 6.07 Å². The highest BCUT2D eigenvalue weighted by Gasteiger charge is 2.07. The van der Waals surface area contributed by atoms with Gasteiger partial charge in [0.15, 0.2) is 5.01 Å². The average Bonchev–Trinajstić information content (AvgIpc) is 2.78. The maximum Gasteiger partial charge on any atom is 0.234 e. The van der Waals surface area contributed by atoms with Gasteiger partial charge in [0.1, 0.15) is 6.33 Å². The van der Waals surface area contributed by atoms with Crippen LogP contribution in [0.1, 0.15) is 0 Å². The van der Waals surface area contributed by atoms with E-state index in [0.29, 0.717) is 0 Å². The number of aromatic nitrogens is 6. The van der Waals surface area contributed by atoms with Crippen LogP contribution in [0.25, 0.3) is 15.7 Å². The minimum Gasteiger partial charge on any atom is -0.275 e. The third-order valence-corrected chi connectivity index (χ3v) is 2.56. The van der Waals surface area contributed by atoms with Crippen molar-refractivity contribution in [3.8, 4) is 10.7 Å². The molecule has 0 spiro atoms. The molecule has 1 N–H and O–H groups in total. The van der Waals surface area contributed by atoms with Crippen LogP contribution in [0.15, 0.2) is 18.6 Å². The Morgan fingerprint density at radius 3 is 3.23 bits per heavy atom. The van der Waals surface area contributed by atoms with Crippen LogP contribution >= 0.6 is 11.3 Å². The molecule has 0 radical (unpaired) electrons. The Bertz CT molecular complexity index is 492. The van der Waals surface area contributed by atoms with Crippen molar-refractivity contribution in [1.29, 1.82) is 0 Å². The first kappa shape index (κ1) is 6.72. The topological polar surface area (TPSA) is 71.8 Å². The molecule has 0 atom stereocenters. The molecule has 3 aromatic heterocycles. The van der Waals surface area contributed by atoms with Crippen molar-refractivity contribution in [2.24, 2.45) is 0 Å². The van der Waals surface area contributed by atoms with E-state index in [9.17, 15) is 0 Å². The number of aromatic amines is 1. The summed E-state index contributed by atoms with van der Waals surface area (Å²) in [6, 6.07) is 1.87. The summed E-state index contributed by atoms with van der Waals surface area (Å²) < 4.78 is 1.64.